The van der Waals surface area contributed by atoms with Gasteiger partial charge in [0.25, 0.3) is 0 Å². The standard InChI is InChI=1S/C11H14N4/c1-15-8-10(7-14-15)11-3-5-13-6-9(11)2-4-12/h3,5-8H,2,4,12H2,1H3. The first kappa shape index (κ1) is 9.86. The van der Waals surface area contributed by atoms with Gasteiger partial charge in [0.05, 0.1) is 6.20 Å². The molecule has 2 aromatic heterocycles. The van der Waals surface area contributed by atoms with Crippen molar-refractivity contribution in [1.29, 1.82) is 0 Å². The van der Waals surface area contributed by atoms with E-state index >= 15 is 0 Å². The van der Waals surface area contributed by atoms with Gasteiger partial charge in [-0.2, -0.15) is 5.10 Å². The Morgan fingerprint density at radius 3 is 2.93 bits per heavy atom. The van der Waals surface area contributed by atoms with Crippen LogP contribution in [-0.2, 0) is 13.5 Å². The van der Waals surface area contributed by atoms with Gasteiger partial charge in [-0.3, -0.25) is 9.67 Å². The number of aryl methyl sites for hydroxylation is 1. The highest BCUT2D eigenvalue weighted by Crippen LogP contribution is 2.22. The maximum Gasteiger partial charge on any atom is 0.0568 e. The fourth-order valence-corrected chi connectivity index (χ4v) is 1.62. The summed E-state index contributed by atoms with van der Waals surface area (Å²) in [5.41, 5.74) is 9.02. The molecule has 0 saturated carbocycles. The van der Waals surface area contributed by atoms with E-state index in [1.165, 1.54) is 11.1 Å². The Bertz CT molecular complexity index is 447. The summed E-state index contributed by atoms with van der Waals surface area (Å²) in [5, 5.41) is 4.16. The van der Waals surface area contributed by atoms with Crippen LogP contribution >= 0.6 is 0 Å². The number of hydrogen-bond donors (Lipinski definition) is 1. The van der Waals surface area contributed by atoms with E-state index in [-0.39, 0.29) is 0 Å². The smallest absolute Gasteiger partial charge is 0.0568 e. The summed E-state index contributed by atoms with van der Waals surface area (Å²) >= 11 is 0. The summed E-state index contributed by atoms with van der Waals surface area (Å²) in [6.07, 6.45) is 8.36. The summed E-state index contributed by atoms with van der Waals surface area (Å²) in [6.45, 7) is 0.638. The van der Waals surface area contributed by atoms with Crippen LogP contribution in [0.5, 0.6) is 0 Å². The Balaban J connectivity index is 2.42. The average Bonchev–Trinajstić information content (AvgIpc) is 2.66. The maximum atomic E-state index is 5.56. The minimum Gasteiger partial charge on any atom is -0.330 e. The SMILES string of the molecule is Cn1cc(-c2ccncc2CCN)cn1. The summed E-state index contributed by atoms with van der Waals surface area (Å²) < 4.78 is 1.79. The van der Waals surface area contributed by atoms with Gasteiger partial charge >= 0.3 is 0 Å². The lowest BCUT2D eigenvalue weighted by molar-refractivity contribution is 0.768. The molecule has 4 heteroatoms. The van der Waals surface area contributed by atoms with Crippen molar-refractivity contribution in [2.45, 2.75) is 6.42 Å². The van der Waals surface area contributed by atoms with E-state index in [1.807, 2.05) is 31.7 Å². The largest absolute Gasteiger partial charge is 0.330 e. The minimum atomic E-state index is 0.638. The van der Waals surface area contributed by atoms with Crippen molar-refractivity contribution in [3.05, 3.63) is 36.4 Å². The Labute approximate surface area is 88.8 Å². The quantitative estimate of drug-likeness (QED) is 0.807. The molecule has 2 rings (SSSR count). The number of aromatic nitrogens is 3. The second-order valence-electron chi connectivity index (χ2n) is 3.47. The highest BCUT2D eigenvalue weighted by molar-refractivity contribution is 5.65. The van der Waals surface area contributed by atoms with E-state index < -0.39 is 0 Å². The van der Waals surface area contributed by atoms with Gasteiger partial charge in [-0.05, 0) is 30.2 Å². The Hall–Kier alpha value is -1.68. The van der Waals surface area contributed by atoms with E-state index in [1.54, 1.807) is 10.9 Å². The normalized spacial score (nSPS) is 10.5. The zero-order valence-corrected chi connectivity index (χ0v) is 8.72. The van der Waals surface area contributed by atoms with Gasteiger partial charge in [0.1, 0.15) is 0 Å². The van der Waals surface area contributed by atoms with E-state index in [4.69, 9.17) is 5.73 Å². The van der Waals surface area contributed by atoms with E-state index in [2.05, 4.69) is 10.1 Å². The second-order valence-corrected chi connectivity index (χ2v) is 3.47. The van der Waals surface area contributed by atoms with Crippen LogP contribution in [0.15, 0.2) is 30.9 Å². The van der Waals surface area contributed by atoms with Crippen LogP contribution in [0.2, 0.25) is 0 Å². The molecule has 0 aliphatic rings. The van der Waals surface area contributed by atoms with Crippen molar-refractivity contribution in [1.82, 2.24) is 14.8 Å². The molecule has 0 aliphatic heterocycles. The highest BCUT2D eigenvalue weighted by atomic mass is 15.2. The van der Waals surface area contributed by atoms with Crippen molar-refractivity contribution in [2.24, 2.45) is 12.8 Å². The number of pyridine rings is 1. The predicted molar refractivity (Wildman–Crippen MR) is 59.2 cm³/mol. The van der Waals surface area contributed by atoms with E-state index in [0.717, 1.165) is 12.0 Å². The monoisotopic (exact) mass is 202 g/mol. The number of hydrogen-bond acceptors (Lipinski definition) is 3. The molecule has 0 aromatic carbocycles. The van der Waals surface area contributed by atoms with Gasteiger partial charge in [0.2, 0.25) is 0 Å². The van der Waals surface area contributed by atoms with E-state index in [9.17, 15) is 0 Å². The molecule has 2 heterocycles. The molecule has 0 unspecified atom stereocenters. The van der Waals surface area contributed by atoms with Crippen LogP contribution in [-0.4, -0.2) is 21.3 Å². The molecular weight excluding hydrogens is 188 g/mol. The summed E-state index contributed by atoms with van der Waals surface area (Å²) in [7, 11) is 1.91. The summed E-state index contributed by atoms with van der Waals surface area (Å²) in [6, 6.07) is 2.00. The van der Waals surface area contributed by atoms with Crippen LogP contribution in [0, 0.1) is 0 Å². The van der Waals surface area contributed by atoms with Gasteiger partial charge in [-0.25, -0.2) is 0 Å². The predicted octanol–water partition coefficient (Wildman–Crippen LogP) is 0.983. The molecule has 2 N–H and O–H groups in total. The molecule has 2 aromatic rings. The van der Waals surface area contributed by atoms with Crippen LogP contribution in [0.1, 0.15) is 5.56 Å². The fraction of sp³-hybridized carbons (Fsp3) is 0.273. The summed E-state index contributed by atoms with van der Waals surface area (Å²) in [4.78, 5) is 4.11. The maximum absolute atomic E-state index is 5.56. The zero-order valence-electron chi connectivity index (χ0n) is 8.72. The van der Waals surface area contributed by atoms with Gasteiger partial charge in [0, 0.05) is 31.2 Å². The molecule has 0 fully saturated rings. The molecule has 0 amide bonds. The lowest BCUT2D eigenvalue weighted by Gasteiger charge is -2.04. The third kappa shape index (κ3) is 2.05. The molecular formula is C11H14N4. The van der Waals surface area contributed by atoms with Crippen LogP contribution in [0.3, 0.4) is 0 Å². The van der Waals surface area contributed by atoms with Gasteiger partial charge < -0.3 is 5.73 Å². The Morgan fingerprint density at radius 2 is 2.27 bits per heavy atom. The number of nitrogens with zero attached hydrogens (tertiary/aromatic N) is 3. The van der Waals surface area contributed by atoms with Crippen LogP contribution < -0.4 is 5.73 Å². The molecule has 15 heavy (non-hydrogen) atoms. The Kier molecular flexibility index (Phi) is 2.78. The van der Waals surface area contributed by atoms with Crippen molar-refractivity contribution < 1.29 is 0 Å². The molecule has 0 saturated heterocycles. The van der Waals surface area contributed by atoms with Gasteiger partial charge in [0.15, 0.2) is 0 Å². The molecule has 0 aliphatic carbocycles. The second kappa shape index (κ2) is 4.23. The fourth-order valence-electron chi connectivity index (χ4n) is 1.62. The number of nitrogens with two attached hydrogens (primary N) is 1. The van der Waals surface area contributed by atoms with Crippen molar-refractivity contribution in [2.75, 3.05) is 6.54 Å². The van der Waals surface area contributed by atoms with Crippen LogP contribution in [0.4, 0.5) is 0 Å². The number of rotatable bonds is 3. The van der Waals surface area contributed by atoms with Crippen molar-refractivity contribution in [3.63, 3.8) is 0 Å². The molecule has 0 atom stereocenters. The first-order valence-corrected chi connectivity index (χ1v) is 4.93. The first-order chi connectivity index (χ1) is 7.31. The highest BCUT2D eigenvalue weighted by Gasteiger charge is 2.05. The minimum absolute atomic E-state index is 0.638. The van der Waals surface area contributed by atoms with E-state index in [0.29, 0.717) is 6.54 Å². The van der Waals surface area contributed by atoms with Crippen molar-refractivity contribution >= 4 is 0 Å². The molecule has 0 spiro atoms. The molecule has 0 radical (unpaired) electrons. The third-order valence-electron chi connectivity index (χ3n) is 2.33. The molecule has 0 bridgehead atoms. The topological polar surface area (TPSA) is 56.7 Å². The third-order valence-corrected chi connectivity index (χ3v) is 2.33. The average molecular weight is 202 g/mol. The van der Waals surface area contributed by atoms with Crippen molar-refractivity contribution in [3.8, 4) is 11.1 Å². The lowest BCUT2D eigenvalue weighted by atomic mass is 10.0. The molecule has 4 nitrogen and oxygen atoms in total. The summed E-state index contributed by atoms with van der Waals surface area (Å²) in [5.74, 6) is 0. The van der Waals surface area contributed by atoms with Gasteiger partial charge in [-0.15, -0.1) is 0 Å². The van der Waals surface area contributed by atoms with Crippen LogP contribution in [0.25, 0.3) is 11.1 Å². The zero-order chi connectivity index (χ0) is 10.7. The molecule has 78 valence electrons. The lowest BCUT2D eigenvalue weighted by Crippen LogP contribution is -2.04. The first-order valence-electron chi connectivity index (χ1n) is 4.93. The Morgan fingerprint density at radius 1 is 1.40 bits per heavy atom. The van der Waals surface area contributed by atoms with Gasteiger partial charge in [-0.1, -0.05) is 0 Å².